The van der Waals surface area contributed by atoms with Crippen molar-refractivity contribution >= 4 is 0 Å². The summed E-state index contributed by atoms with van der Waals surface area (Å²) in [6, 6.07) is 0.468. The van der Waals surface area contributed by atoms with Crippen LogP contribution in [0.15, 0.2) is 10.9 Å². The van der Waals surface area contributed by atoms with Gasteiger partial charge < -0.3 is 9.63 Å². The molecule has 1 aromatic rings. The minimum absolute atomic E-state index is 0.161. The highest BCUT2D eigenvalue weighted by Gasteiger charge is 2.16. The highest BCUT2D eigenvalue weighted by atomic mass is 16.5. The van der Waals surface area contributed by atoms with E-state index in [2.05, 4.69) is 28.9 Å². The number of hydrogen-bond acceptors (Lipinski definition) is 5. The van der Waals surface area contributed by atoms with E-state index < -0.39 is 0 Å². The molecule has 0 saturated heterocycles. The van der Waals surface area contributed by atoms with Crippen molar-refractivity contribution in [2.75, 3.05) is 13.2 Å². The maximum Gasteiger partial charge on any atom is 0.213 e. The first kappa shape index (κ1) is 12.1. The second-order valence-electron chi connectivity index (χ2n) is 3.51. The van der Waals surface area contributed by atoms with Crippen molar-refractivity contribution in [3.05, 3.63) is 12.2 Å². The molecule has 0 bridgehead atoms. The van der Waals surface area contributed by atoms with Gasteiger partial charge in [0.2, 0.25) is 6.39 Å². The number of rotatable bonds is 7. The van der Waals surface area contributed by atoms with Crippen LogP contribution in [-0.4, -0.2) is 39.3 Å². The number of hydrogen-bond donors (Lipinski definition) is 1. The Labute approximate surface area is 90.1 Å². The fraction of sp³-hybridized carbons (Fsp3) is 0.800. The molecule has 5 heteroatoms. The molecule has 0 spiro atoms. The molecule has 0 fully saturated rings. The lowest BCUT2D eigenvalue weighted by Crippen LogP contribution is -2.36. The summed E-state index contributed by atoms with van der Waals surface area (Å²) in [4.78, 5) is 6.17. The van der Waals surface area contributed by atoms with Gasteiger partial charge in [-0.3, -0.25) is 4.90 Å². The molecule has 1 N–H and O–H groups in total. The van der Waals surface area contributed by atoms with E-state index in [9.17, 15) is 0 Å². The summed E-state index contributed by atoms with van der Waals surface area (Å²) in [6.07, 6.45) is 3.46. The topological polar surface area (TPSA) is 62.4 Å². The lowest BCUT2D eigenvalue weighted by Gasteiger charge is -2.28. The first-order valence-electron chi connectivity index (χ1n) is 5.41. The van der Waals surface area contributed by atoms with Crippen molar-refractivity contribution in [3.8, 4) is 0 Å². The molecule has 0 amide bonds. The monoisotopic (exact) mass is 213 g/mol. The second-order valence-corrected chi connectivity index (χ2v) is 3.51. The maximum atomic E-state index is 9.00. The number of aliphatic hydroxyl groups excluding tert-OH is 1. The Balaban J connectivity index is 2.56. The molecule has 0 atom stereocenters. The number of nitrogens with zero attached hydrogens (tertiary/aromatic N) is 3. The predicted octanol–water partition coefficient (Wildman–Crippen LogP) is 1.05. The maximum absolute atomic E-state index is 9.00. The molecule has 15 heavy (non-hydrogen) atoms. The van der Waals surface area contributed by atoms with E-state index >= 15 is 0 Å². The van der Waals surface area contributed by atoms with Gasteiger partial charge in [0.05, 0.1) is 13.2 Å². The molecule has 0 aliphatic rings. The van der Waals surface area contributed by atoms with E-state index in [0.717, 1.165) is 12.8 Å². The molecule has 1 rings (SSSR count). The van der Waals surface area contributed by atoms with Crippen LogP contribution in [0.5, 0.6) is 0 Å². The smallest absolute Gasteiger partial charge is 0.213 e. The quantitative estimate of drug-likeness (QED) is 0.733. The van der Waals surface area contributed by atoms with E-state index in [-0.39, 0.29) is 6.61 Å². The van der Waals surface area contributed by atoms with E-state index in [0.29, 0.717) is 25.0 Å². The van der Waals surface area contributed by atoms with Gasteiger partial charge in [-0.2, -0.15) is 4.98 Å². The Morgan fingerprint density at radius 3 is 2.67 bits per heavy atom. The van der Waals surface area contributed by atoms with Crippen LogP contribution in [0.1, 0.15) is 32.5 Å². The van der Waals surface area contributed by atoms with Crippen LogP contribution in [0.4, 0.5) is 0 Å². The number of aliphatic hydroxyl groups is 1. The van der Waals surface area contributed by atoms with Gasteiger partial charge >= 0.3 is 0 Å². The number of aromatic nitrogens is 2. The van der Waals surface area contributed by atoms with E-state index in [4.69, 9.17) is 9.63 Å². The standard InChI is InChI=1S/C10H19N3O2/c1-3-9(4-2)13(5-6-14)7-10-11-8-15-12-10/h8-9,14H,3-7H2,1-2H3. The summed E-state index contributed by atoms with van der Waals surface area (Å²) in [5, 5.41) is 12.8. The SMILES string of the molecule is CCC(CC)N(CCO)Cc1ncon1. The molecule has 0 aromatic carbocycles. The van der Waals surface area contributed by atoms with Crippen LogP contribution in [0.3, 0.4) is 0 Å². The summed E-state index contributed by atoms with van der Waals surface area (Å²) in [5.74, 6) is 0.676. The van der Waals surface area contributed by atoms with Crippen LogP contribution < -0.4 is 0 Å². The lowest BCUT2D eigenvalue weighted by molar-refractivity contribution is 0.132. The molecule has 0 radical (unpaired) electrons. The third-order valence-corrected chi connectivity index (χ3v) is 2.60. The Hall–Kier alpha value is -0.940. The molecular weight excluding hydrogens is 194 g/mol. The Bertz CT molecular complexity index is 247. The predicted molar refractivity (Wildman–Crippen MR) is 56.2 cm³/mol. The normalized spacial score (nSPS) is 11.5. The highest BCUT2D eigenvalue weighted by Crippen LogP contribution is 2.10. The first-order chi connectivity index (χ1) is 7.31. The Morgan fingerprint density at radius 1 is 1.47 bits per heavy atom. The summed E-state index contributed by atoms with van der Waals surface area (Å²) in [7, 11) is 0. The van der Waals surface area contributed by atoms with Crippen molar-refractivity contribution in [2.24, 2.45) is 0 Å². The van der Waals surface area contributed by atoms with Gasteiger partial charge in [0.25, 0.3) is 0 Å². The van der Waals surface area contributed by atoms with Gasteiger partial charge in [-0.05, 0) is 12.8 Å². The first-order valence-corrected chi connectivity index (χ1v) is 5.41. The van der Waals surface area contributed by atoms with Crippen LogP contribution >= 0.6 is 0 Å². The van der Waals surface area contributed by atoms with Gasteiger partial charge in [-0.1, -0.05) is 19.0 Å². The highest BCUT2D eigenvalue weighted by molar-refractivity contribution is 4.81. The molecule has 0 unspecified atom stereocenters. The van der Waals surface area contributed by atoms with Crippen molar-refractivity contribution in [3.63, 3.8) is 0 Å². The molecule has 1 aromatic heterocycles. The average Bonchev–Trinajstić information content (AvgIpc) is 2.72. The largest absolute Gasteiger partial charge is 0.395 e. The summed E-state index contributed by atoms with van der Waals surface area (Å²) < 4.78 is 4.69. The molecule has 1 heterocycles. The van der Waals surface area contributed by atoms with Crippen molar-refractivity contribution in [1.82, 2.24) is 15.0 Å². The zero-order valence-electron chi connectivity index (χ0n) is 9.39. The van der Waals surface area contributed by atoms with Crippen LogP contribution in [0, 0.1) is 0 Å². The van der Waals surface area contributed by atoms with Gasteiger partial charge in [0.1, 0.15) is 0 Å². The molecule has 86 valence electrons. The van der Waals surface area contributed by atoms with Crippen molar-refractivity contribution < 1.29 is 9.63 Å². The van der Waals surface area contributed by atoms with Crippen LogP contribution in [-0.2, 0) is 6.54 Å². The minimum atomic E-state index is 0.161. The molecule has 0 saturated carbocycles. The Kier molecular flexibility index (Phi) is 5.28. The zero-order chi connectivity index (χ0) is 11.1. The molecule has 5 nitrogen and oxygen atoms in total. The summed E-state index contributed by atoms with van der Waals surface area (Å²) in [6.45, 7) is 5.75. The van der Waals surface area contributed by atoms with Crippen LogP contribution in [0.25, 0.3) is 0 Å². The Morgan fingerprint density at radius 2 is 2.20 bits per heavy atom. The zero-order valence-corrected chi connectivity index (χ0v) is 9.39. The van der Waals surface area contributed by atoms with E-state index in [1.807, 2.05) is 0 Å². The molecule has 0 aliphatic heterocycles. The molecular formula is C10H19N3O2. The summed E-state index contributed by atoms with van der Waals surface area (Å²) >= 11 is 0. The third-order valence-electron chi connectivity index (χ3n) is 2.60. The van der Waals surface area contributed by atoms with Crippen LogP contribution in [0.2, 0.25) is 0 Å². The van der Waals surface area contributed by atoms with Gasteiger partial charge in [0, 0.05) is 12.6 Å². The van der Waals surface area contributed by atoms with Crippen molar-refractivity contribution in [1.29, 1.82) is 0 Å². The van der Waals surface area contributed by atoms with Crippen molar-refractivity contribution in [2.45, 2.75) is 39.3 Å². The second kappa shape index (κ2) is 6.53. The van der Waals surface area contributed by atoms with Gasteiger partial charge in [0.15, 0.2) is 5.82 Å². The van der Waals surface area contributed by atoms with E-state index in [1.54, 1.807) is 0 Å². The minimum Gasteiger partial charge on any atom is -0.395 e. The fourth-order valence-electron chi connectivity index (χ4n) is 1.77. The molecule has 0 aliphatic carbocycles. The average molecular weight is 213 g/mol. The van der Waals surface area contributed by atoms with Gasteiger partial charge in [-0.15, -0.1) is 0 Å². The van der Waals surface area contributed by atoms with Gasteiger partial charge in [-0.25, -0.2) is 0 Å². The van der Waals surface area contributed by atoms with E-state index in [1.165, 1.54) is 6.39 Å². The lowest BCUT2D eigenvalue weighted by atomic mass is 10.1. The third kappa shape index (κ3) is 3.60. The fourth-order valence-corrected chi connectivity index (χ4v) is 1.77. The summed E-state index contributed by atoms with van der Waals surface area (Å²) in [5.41, 5.74) is 0.